The number of nitrogens with one attached hydrogen (secondary N) is 2. The molecule has 0 radical (unpaired) electrons. The summed E-state index contributed by atoms with van der Waals surface area (Å²) in [6, 6.07) is 0. The van der Waals surface area contributed by atoms with Crippen molar-refractivity contribution in [2.24, 2.45) is 12.0 Å². The lowest BCUT2D eigenvalue weighted by atomic mass is 9.94. The van der Waals surface area contributed by atoms with Gasteiger partial charge in [0, 0.05) is 31.7 Å². The van der Waals surface area contributed by atoms with Crippen molar-refractivity contribution < 1.29 is 4.42 Å². The van der Waals surface area contributed by atoms with Crippen molar-refractivity contribution in [1.29, 1.82) is 0 Å². The van der Waals surface area contributed by atoms with E-state index in [4.69, 9.17) is 4.42 Å². The lowest BCUT2D eigenvalue weighted by Gasteiger charge is -2.13. The van der Waals surface area contributed by atoms with E-state index in [1.165, 1.54) is 5.56 Å². The molecule has 0 saturated carbocycles. The number of aromatic nitrogens is 3. The quantitative estimate of drug-likeness (QED) is 0.394. The Labute approximate surface area is 166 Å². The van der Waals surface area contributed by atoms with Crippen LogP contribution in [-0.2, 0) is 25.4 Å². The van der Waals surface area contributed by atoms with Gasteiger partial charge in [0.25, 0.3) is 0 Å². The third kappa shape index (κ3) is 7.05. The number of nitrogens with zero attached hydrogens (tertiary/aromatic N) is 4. The van der Waals surface area contributed by atoms with Crippen molar-refractivity contribution in [2.75, 3.05) is 13.1 Å². The number of aliphatic imine (C=N–C) groups is 1. The fourth-order valence-electron chi connectivity index (χ4n) is 2.14. The van der Waals surface area contributed by atoms with Gasteiger partial charge in [0.1, 0.15) is 12.3 Å². The molecule has 0 saturated heterocycles. The highest BCUT2D eigenvalue weighted by atomic mass is 127. The fourth-order valence-corrected chi connectivity index (χ4v) is 2.14. The number of guanidine groups is 1. The molecule has 0 atom stereocenters. The molecule has 0 aromatic carbocycles. The summed E-state index contributed by atoms with van der Waals surface area (Å²) in [6.45, 7) is 10.4. The molecule has 0 aliphatic rings. The molecule has 140 valence electrons. The van der Waals surface area contributed by atoms with Crippen molar-refractivity contribution in [3.05, 3.63) is 35.8 Å². The van der Waals surface area contributed by atoms with Crippen molar-refractivity contribution in [3.8, 4) is 0 Å². The second-order valence-corrected chi connectivity index (χ2v) is 6.76. The smallest absolute Gasteiger partial charge is 0.216 e. The Morgan fingerprint density at radius 1 is 1.28 bits per heavy atom. The van der Waals surface area contributed by atoms with Gasteiger partial charge in [0.05, 0.1) is 12.4 Å². The van der Waals surface area contributed by atoms with Gasteiger partial charge in [-0.1, -0.05) is 20.8 Å². The average molecular weight is 460 g/mol. The maximum Gasteiger partial charge on any atom is 0.216 e. The van der Waals surface area contributed by atoms with Crippen molar-refractivity contribution in [1.82, 2.24) is 25.4 Å². The summed E-state index contributed by atoms with van der Waals surface area (Å²) in [7, 11) is 1.92. The van der Waals surface area contributed by atoms with Crippen LogP contribution in [0.4, 0.5) is 0 Å². The molecule has 25 heavy (non-hydrogen) atoms. The monoisotopic (exact) mass is 460 g/mol. The maximum atomic E-state index is 5.77. The third-order valence-electron chi connectivity index (χ3n) is 3.47. The minimum atomic E-state index is -0.0402. The number of rotatable bonds is 6. The van der Waals surface area contributed by atoms with Crippen LogP contribution in [0.5, 0.6) is 0 Å². The number of hydrogen-bond acceptors (Lipinski definition) is 4. The summed E-state index contributed by atoms with van der Waals surface area (Å²) >= 11 is 0. The van der Waals surface area contributed by atoms with E-state index in [0.717, 1.165) is 31.2 Å². The van der Waals surface area contributed by atoms with Crippen LogP contribution in [0.1, 0.15) is 44.9 Å². The summed E-state index contributed by atoms with van der Waals surface area (Å²) in [5.41, 5.74) is 1.16. The largest absolute Gasteiger partial charge is 0.443 e. The van der Waals surface area contributed by atoms with Crippen LogP contribution in [0.3, 0.4) is 0 Å². The lowest BCUT2D eigenvalue weighted by Crippen LogP contribution is -2.38. The molecule has 2 aromatic heterocycles. The molecule has 8 heteroatoms. The molecule has 0 amide bonds. The zero-order valence-electron chi connectivity index (χ0n) is 15.7. The molecule has 0 aliphatic heterocycles. The first-order valence-corrected chi connectivity index (χ1v) is 8.33. The van der Waals surface area contributed by atoms with E-state index in [9.17, 15) is 0 Å². The number of oxazole rings is 1. The van der Waals surface area contributed by atoms with E-state index in [2.05, 4.69) is 46.5 Å². The third-order valence-corrected chi connectivity index (χ3v) is 3.47. The standard InChI is InChI=1S/C17H28N6O.HI/c1-6-18-16(19-8-7-13-9-22-23(5)12-13)21-11-15-20-10-14(24-15)17(2,3)4;/h9-10,12H,6-8,11H2,1-5H3,(H2,18,19,21);1H. The number of halogens is 1. The Bertz CT molecular complexity index is 671. The molecule has 2 heterocycles. The highest BCUT2D eigenvalue weighted by Gasteiger charge is 2.18. The molecule has 0 unspecified atom stereocenters. The molecule has 7 nitrogen and oxygen atoms in total. The molecule has 0 bridgehead atoms. The minimum absolute atomic E-state index is 0. The van der Waals surface area contributed by atoms with E-state index in [1.807, 2.05) is 31.0 Å². The molecular weight excluding hydrogens is 431 g/mol. The Kier molecular flexibility index (Phi) is 8.40. The van der Waals surface area contributed by atoms with Crippen molar-refractivity contribution in [3.63, 3.8) is 0 Å². The van der Waals surface area contributed by atoms with Gasteiger partial charge in [-0.05, 0) is 18.9 Å². The molecule has 0 aliphatic carbocycles. The first-order chi connectivity index (χ1) is 11.4. The topological polar surface area (TPSA) is 80.3 Å². The minimum Gasteiger partial charge on any atom is -0.443 e. The van der Waals surface area contributed by atoms with Gasteiger partial charge in [-0.15, -0.1) is 24.0 Å². The molecule has 2 N–H and O–H groups in total. The normalized spacial score (nSPS) is 12.0. The second kappa shape index (κ2) is 9.79. The lowest BCUT2D eigenvalue weighted by molar-refractivity contribution is 0.383. The van der Waals surface area contributed by atoms with Gasteiger partial charge >= 0.3 is 0 Å². The van der Waals surface area contributed by atoms with E-state index >= 15 is 0 Å². The van der Waals surface area contributed by atoms with Gasteiger partial charge in [0.15, 0.2) is 5.96 Å². The first-order valence-electron chi connectivity index (χ1n) is 8.33. The summed E-state index contributed by atoms with van der Waals surface area (Å²) in [4.78, 5) is 8.84. The highest BCUT2D eigenvalue weighted by molar-refractivity contribution is 14.0. The maximum absolute atomic E-state index is 5.77. The predicted octanol–water partition coefficient (Wildman–Crippen LogP) is 2.62. The summed E-state index contributed by atoms with van der Waals surface area (Å²) in [6.07, 6.45) is 6.58. The molecule has 2 aromatic rings. The molecule has 0 spiro atoms. The Morgan fingerprint density at radius 3 is 2.60 bits per heavy atom. The number of hydrogen-bond donors (Lipinski definition) is 2. The Morgan fingerprint density at radius 2 is 2.04 bits per heavy atom. The van der Waals surface area contributed by atoms with Crippen LogP contribution in [-0.4, -0.2) is 33.8 Å². The van der Waals surface area contributed by atoms with Crippen molar-refractivity contribution in [2.45, 2.75) is 46.1 Å². The van der Waals surface area contributed by atoms with E-state index in [-0.39, 0.29) is 29.4 Å². The van der Waals surface area contributed by atoms with Crippen LogP contribution in [0.25, 0.3) is 0 Å². The van der Waals surface area contributed by atoms with Crippen LogP contribution in [0.15, 0.2) is 28.0 Å². The SMILES string of the molecule is CCNC(=NCc1ncc(C(C)(C)C)o1)NCCc1cnn(C)c1.I. The van der Waals surface area contributed by atoms with Gasteiger partial charge < -0.3 is 15.1 Å². The molecule has 2 rings (SSSR count). The van der Waals surface area contributed by atoms with E-state index in [1.54, 1.807) is 6.20 Å². The van der Waals surface area contributed by atoms with Gasteiger partial charge in [0.2, 0.25) is 5.89 Å². The summed E-state index contributed by atoms with van der Waals surface area (Å²) in [5, 5.41) is 10.7. The van der Waals surface area contributed by atoms with Crippen LogP contribution in [0, 0.1) is 0 Å². The van der Waals surface area contributed by atoms with Gasteiger partial charge in [-0.2, -0.15) is 5.10 Å². The van der Waals surface area contributed by atoms with Crippen LogP contribution in [0.2, 0.25) is 0 Å². The zero-order valence-corrected chi connectivity index (χ0v) is 18.0. The van der Waals surface area contributed by atoms with Crippen LogP contribution < -0.4 is 10.6 Å². The number of aryl methyl sites for hydroxylation is 1. The summed E-state index contributed by atoms with van der Waals surface area (Å²) < 4.78 is 7.58. The average Bonchev–Trinajstić information content (AvgIpc) is 3.13. The Hall–Kier alpha value is -1.58. The predicted molar refractivity (Wildman–Crippen MR) is 110 cm³/mol. The summed E-state index contributed by atoms with van der Waals surface area (Å²) in [5.74, 6) is 2.27. The van der Waals surface area contributed by atoms with Gasteiger partial charge in [-0.3, -0.25) is 4.68 Å². The first kappa shape index (κ1) is 21.5. The zero-order chi connectivity index (χ0) is 17.6. The molecule has 0 fully saturated rings. The Balaban J connectivity index is 0.00000312. The van der Waals surface area contributed by atoms with Crippen molar-refractivity contribution >= 4 is 29.9 Å². The van der Waals surface area contributed by atoms with Gasteiger partial charge in [-0.25, -0.2) is 9.98 Å². The van der Waals surface area contributed by atoms with E-state index < -0.39 is 0 Å². The highest BCUT2D eigenvalue weighted by Crippen LogP contribution is 2.22. The molecular formula is C17H29IN6O. The fraction of sp³-hybridized carbons (Fsp3) is 0.588. The van der Waals surface area contributed by atoms with Crippen LogP contribution >= 0.6 is 24.0 Å². The van der Waals surface area contributed by atoms with E-state index in [0.29, 0.717) is 12.4 Å². The second-order valence-electron chi connectivity index (χ2n) is 6.76.